The van der Waals surface area contributed by atoms with Gasteiger partial charge in [0.2, 0.25) is 0 Å². The van der Waals surface area contributed by atoms with Crippen molar-refractivity contribution in [1.82, 2.24) is 0 Å². The van der Waals surface area contributed by atoms with E-state index >= 15 is 0 Å². The Labute approximate surface area is 138 Å². The van der Waals surface area contributed by atoms with E-state index in [9.17, 15) is 30.7 Å². The van der Waals surface area contributed by atoms with Crippen molar-refractivity contribution in [3.8, 4) is 0 Å². The van der Waals surface area contributed by atoms with Crippen LogP contribution in [-0.4, -0.2) is 38.5 Å². The molecule has 0 radical (unpaired) electrons. The summed E-state index contributed by atoms with van der Waals surface area (Å²) in [5.74, 6) is -0.211. The largest absolute Gasteiger partial charge is 1.00 e. The van der Waals surface area contributed by atoms with E-state index in [-0.39, 0.29) is 65.1 Å². The van der Waals surface area contributed by atoms with Gasteiger partial charge >= 0.3 is 65.1 Å². The van der Waals surface area contributed by atoms with Crippen molar-refractivity contribution in [1.29, 1.82) is 0 Å². The second-order valence-electron chi connectivity index (χ2n) is 1.74. The van der Waals surface area contributed by atoms with Crippen LogP contribution >= 0.6 is 0 Å². The van der Waals surface area contributed by atoms with Crippen LogP contribution in [0.5, 0.6) is 0 Å². The van der Waals surface area contributed by atoms with Crippen LogP contribution in [-0.2, 0) is 27.8 Å². The van der Waals surface area contributed by atoms with Gasteiger partial charge in [-0.05, 0) is 6.92 Å². The molecule has 0 aromatic heterocycles. The van der Waals surface area contributed by atoms with E-state index in [2.05, 4.69) is 4.74 Å². The molecule has 86 valence electrons. The summed E-state index contributed by atoms with van der Waals surface area (Å²) in [7, 11) is -11.3. The molecule has 12 heteroatoms. The topological polar surface area (TPSA) is 141 Å². The first-order valence-electron chi connectivity index (χ1n) is 3.07. The number of esters is 1. The first-order valence-corrected chi connectivity index (χ1v) is 6.40. The molecule has 0 N–H and O–H groups in total. The molecule has 0 aliphatic heterocycles. The fraction of sp³-hybridized carbons (Fsp3) is 0.750. The van der Waals surface area contributed by atoms with E-state index < -0.39 is 18.3 Å². The normalized spacial score (nSPS) is 9.75. The molecule has 0 spiro atoms. The summed E-state index contributed by atoms with van der Waals surface area (Å²) >= 11 is 0. The van der Waals surface area contributed by atoms with E-state index in [0.717, 1.165) is 0 Å². The maximum atomic E-state index is 9.82. The molecule has 0 saturated heterocycles. The summed E-state index contributed by atoms with van der Waals surface area (Å²) < 4.78 is 59.6. The summed E-state index contributed by atoms with van der Waals surface area (Å²) in [5.41, 5.74) is 0. The van der Waals surface area contributed by atoms with Crippen molar-refractivity contribution >= 4 is 24.3 Å². The van der Waals surface area contributed by atoms with Crippen LogP contribution in [0.1, 0.15) is 13.8 Å². The fourth-order valence-corrected chi connectivity index (χ4v) is 0.203. The van der Waals surface area contributed by atoms with E-state index in [1.165, 1.54) is 6.92 Å². The number of carbonyl (C=O) groups excluding carboxylic acids is 1. The van der Waals surface area contributed by atoms with Crippen LogP contribution in [0.25, 0.3) is 0 Å². The first kappa shape index (κ1) is 26.0. The Balaban J connectivity index is -0.0000000825. The Morgan fingerprint density at radius 3 is 1.31 bits per heavy atom. The fourth-order valence-electron chi connectivity index (χ4n) is 0.203. The molecule has 0 bridgehead atoms. The second kappa shape index (κ2) is 11.4. The summed E-state index contributed by atoms with van der Waals surface area (Å²) in [4.78, 5) is 9.82. The standard InChI is InChI=1S/C4H8O2.2Na.H2O6S2/c1-3-6-4(2)5;;;1-7(2,3)8(4,5)6/h3H2,1-2H3;;;(H,1,2,3)(H,4,5,6)/q;2*+1;/p-2. The van der Waals surface area contributed by atoms with Gasteiger partial charge < -0.3 is 13.8 Å². The maximum absolute atomic E-state index is 9.82. The van der Waals surface area contributed by atoms with Crippen LogP contribution in [0.15, 0.2) is 0 Å². The number of carbonyl (C=O) groups is 1. The van der Waals surface area contributed by atoms with Gasteiger partial charge in [0, 0.05) is 6.92 Å². The number of hydrogen-bond acceptors (Lipinski definition) is 8. The predicted octanol–water partition coefficient (Wildman–Crippen LogP) is -7.43. The Morgan fingerprint density at radius 1 is 1.06 bits per heavy atom. The quantitative estimate of drug-likeness (QED) is 0.212. The van der Waals surface area contributed by atoms with Gasteiger partial charge in [0.05, 0.1) is 6.61 Å². The van der Waals surface area contributed by atoms with Crippen molar-refractivity contribution in [2.45, 2.75) is 13.8 Å². The van der Waals surface area contributed by atoms with Crippen LogP contribution in [0.2, 0.25) is 0 Å². The average molecular weight is 294 g/mol. The van der Waals surface area contributed by atoms with Gasteiger partial charge in [0.1, 0.15) is 0 Å². The van der Waals surface area contributed by atoms with Crippen molar-refractivity contribution in [3.05, 3.63) is 0 Å². The molecule has 0 aromatic carbocycles. The van der Waals surface area contributed by atoms with E-state index in [1.807, 2.05) is 0 Å². The van der Waals surface area contributed by atoms with Gasteiger partial charge in [0.25, 0.3) is 0 Å². The van der Waals surface area contributed by atoms with Crippen molar-refractivity contribution < 1.29 is 94.6 Å². The number of ether oxygens (including phenoxy) is 1. The smallest absolute Gasteiger partial charge is 0.736 e. The number of hydrogen-bond donors (Lipinski definition) is 0. The van der Waals surface area contributed by atoms with E-state index in [0.29, 0.717) is 6.61 Å². The van der Waals surface area contributed by atoms with Gasteiger partial charge in [0.15, 0.2) is 18.3 Å². The van der Waals surface area contributed by atoms with Gasteiger partial charge in [-0.15, -0.1) is 0 Å². The van der Waals surface area contributed by atoms with Crippen molar-refractivity contribution in [2.75, 3.05) is 6.61 Å². The third-order valence-corrected chi connectivity index (χ3v) is 2.60. The molecule has 0 aromatic rings. The Kier molecular flexibility index (Phi) is 18.5. The minimum Gasteiger partial charge on any atom is -0.736 e. The van der Waals surface area contributed by atoms with Crippen LogP contribution in [0.3, 0.4) is 0 Å². The van der Waals surface area contributed by atoms with Gasteiger partial charge in [-0.2, -0.15) is 0 Å². The van der Waals surface area contributed by atoms with Gasteiger partial charge in [-0.3, -0.25) is 4.79 Å². The first-order chi connectivity index (χ1) is 6.02. The monoisotopic (exact) mass is 294 g/mol. The molecule has 0 saturated carbocycles. The average Bonchev–Trinajstić information content (AvgIpc) is 1.82. The molecule has 0 aliphatic rings. The summed E-state index contributed by atoms with van der Waals surface area (Å²) in [6.07, 6.45) is 0. The van der Waals surface area contributed by atoms with Crippen LogP contribution in [0, 0.1) is 0 Å². The molecule has 16 heavy (non-hydrogen) atoms. The van der Waals surface area contributed by atoms with Crippen molar-refractivity contribution in [3.63, 3.8) is 0 Å². The Morgan fingerprint density at radius 2 is 1.31 bits per heavy atom. The minimum absolute atomic E-state index is 0. The molecule has 0 unspecified atom stereocenters. The zero-order chi connectivity index (χ0) is 12.0. The maximum Gasteiger partial charge on any atom is 1.00 e. The molecule has 0 fully saturated rings. The summed E-state index contributed by atoms with van der Waals surface area (Å²) in [6.45, 7) is 3.65. The third kappa shape index (κ3) is 17.7. The van der Waals surface area contributed by atoms with Crippen LogP contribution in [0.4, 0.5) is 0 Å². The molecule has 0 amide bonds. The molecule has 0 aliphatic carbocycles. The van der Waals surface area contributed by atoms with Gasteiger partial charge in [-0.25, -0.2) is 16.8 Å². The van der Waals surface area contributed by atoms with E-state index in [1.54, 1.807) is 6.92 Å². The molecular formula is C4H8Na2O8S2. The Hall–Kier alpha value is 1.29. The zero-order valence-electron chi connectivity index (χ0n) is 9.29. The minimum atomic E-state index is -5.67. The van der Waals surface area contributed by atoms with Crippen LogP contribution < -0.4 is 59.1 Å². The molecule has 8 nitrogen and oxygen atoms in total. The summed E-state index contributed by atoms with van der Waals surface area (Å²) in [5, 5.41) is 0. The number of rotatable bonds is 2. The molecule has 0 heterocycles. The summed E-state index contributed by atoms with van der Waals surface area (Å²) in [6, 6.07) is 0. The molecule has 0 atom stereocenters. The Bertz CT molecular complexity index is 341. The predicted molar refractivity (Wildman–Crippen MR) is 41.7 cm³/mol. The second-order valence-corrected chi connectivity index (χ2v) is 5.82. The molecule has 0 rings (SSSR count). The van der Waals surface area contributed by atoms with Crippen molar-refractivity contribution in [2.24, 2.45) is 0 Å². The van der Waals surface area contributed by atoms with Gasteiger partial charge in [-0.1, -0.05) is 0 Å². The molecular weight excluding hydrogens is 286 g/mol. The SMILES string of the molecule is CCOC(C)=O.O=S(=O)([O-])S(=O)(=O)[O-].[Na+].[Na+]. The van der Waals surface area contributed by atoms with E-state index in [4.69, 9.17) is 0 Å². The zero-order valence-corrected chi connectivity index (χ0v) is 14.9. The third-order valence-electron chi connectivity index (χ3n) is 0.598.